The zero-order valence-electron chi connectivity index (χ0n) is 14.1. The van der Waals surface area contributed by atoms with Gasteiger partial charge in [-0.15, -0.1) is 11.3 Å². The number of rotatable bonds is 5. The maximum absolute atomic E-state index is 13.6. The Hall–Kier alpha value is -3.46. The van der Waals surface area contributed by atoms with Crippen molar-refractivity contribution in [3.05, 3.63) is 65.4 Å². The standard InChI is InChI=1S/C18H14FN3O4S/c1-25-16(23)11-3-2-4-13(9-11)26-15-6-5-12(19)10-14(15)21-17(24)22-18-20-7-8-27-18/h2-10H,1H3,(H2,20,21,22,24). The third-order valence-electron chi connectivity index (χ3n) is 3.33. The molecule has 9 heteroatoms. The van der Waals surface area contributed by atoms with Crippen LogP contribution in [0.1, 0.15) is 10.4 Å². The van der Waals surface area contributed by atoms with Gasteiger partial charge in [0.05, 0.1) is 18.4 Å². The van der Waals surface area contributed by atoms with Crippen molar-refractivity contribution in [3.63, 3.8) is 0 Å². The van der Waals surface area contributed by atoms with E-state index < -0.39 is 17.8 Å². The first-order valence-electron chi connectivity index (χ1n) is 7.68. The molecular weight excluding hydrogens is 373 g/mol. The highest BCUT2D eigenvalue weighted by Gasteiger charge is 2.13. The highest BCUT2D eigenvalue weighted by atomic mass is 32.1. The normalized spacial score (nSPS) is 10.1. The van der Waals surface area contributed by atoms with Crippen LogP contribution < -0.4 is 15.4 Å². The summed E-state index contributed by atoms with van der Waals surface area (Å²) >= 11 is 1.25. The fourth-order valence-corrected chi connectivity index (χ4v) is 2.68. The molecule has 3 aromatic rings. The third-order valence-corrected chi connectivity index (χ3v) is 4.01. The SMILES string of the molecule is COC(=O)c1cccc(Oc2ccc(F)cc2NC(=O)Nc2nccs2)c1. The number of hydrogen-bond donors (Lipinski definition) is 2. The number of ether oxygens (including phenoxy) is 2. The molecule has 0 spiro atoms. The molecule has 1 aromatic heterocycles. The van der Waals surface area contributed by atoms with Gasteiger partial charge in [0.25, 0.3) is 0 Å². The number of esters is 1. The highest BCUT2D eigenvalue weighted by molar-refractivity contribution is 7.13. The minimum Gasteiger partial charge on any atom is -0.465 e. The summed E-state index contributed by atoms with van der Waals surface area (Å²) in [4.78, 5) is 27.6. The Morgan fingerprint density at radius 2 is 2.00 bits per heavy atom. The number of methoxy groups -OCH3 is 1. The Bertz CT molecular complexity index is 963. The molecule has 0 radical (unpaired) electrons. The predicted molar refractivity (Wildman–Crippen MR) is 99.0 cm³/mol. The Balaban J connectivity index is 1.80. The van der Waals surface area contributed by atoms with Crippen LogP contribution in [-0.2, 0) is 4.74 Å². The van der Waals surface area contributed by atoms with E-state index in [-0.39, 0.29) is 11.4 Å². The van der Waals surface area contributed by atoms with Gasteiger partial charge in [0.1, 0.15) is 11.6 Å². The second-order valence-electron chi connectivity index (χ2n) is 5.18. The number of carbonyl (C=O) groups excluding carboxylic acids is 2. The van der Waals surface area contributed by atoms with E-state index in [1.165, 1.54) is 36.6 Å². The Labute approximate surface area is 157 Å². The van der Waals surface area contributed by atoms with Crippen LogP contribution in [0.4, 0.5) is 20.0 Å². The molecular formula is C18H14FN3O4S. The molecule has 2 aromatic carbocycles. The lowest BCUT2D eigenvalue weighted by atomic mass is 10.2. The number of amides is 2. The number of nitrogens with one attached hydrogen (secondary N) is 2. The number of nitrogens with zero attached hydrogens (tertiary/aromatic N) is 1. The minimum atomic E-state index is -0.594. The van der Waals surface area contributed by atoms with E-state index in [1.807, 2.05) is 0 Å². The van der Waals surface area contributed by atoms with E-state index >= 15 is 0 Å². The topological polar surface area (TPSA) is 89.5 Å². The number of benzene rings is 2. The summed E-state index contributed by atoms with van der Waals surface area (Å²) in [5, 5.41) is 7.16. The summed E-state index contributed by atoms with van der Waals surface area (Å²) in [7, 11) is 1.28. The molecule has 0 saturated carbocycles. The molecule has 3 rings (SSSR count). The fraction of sp³-hybridized carbons (Fsp3) is 0.0556. The molecule has 0 fully saturated rings. The first-order valence-corrected chi connectivity index (χ1v) is 8.56. The smallest absolute Gasteiger partial charge is 0.337 e. The van der Waals surface area contributed by atoms with Gasteiger partial charge in [-0.05, 0) is 30.3 Å². The minimum absolute atomic E-state index is 0.118. The summed E-state index contributed by atoms with van der Waals surface area (Å²) in [5.41, 5.74) is 0.417. The number of aromatic nitrogens is 1. The summed E-state index contributed by atoms with van der Waals surface area (Å²) in [6.45, 7) is 0. The molecule has 2 amide bonds. The molecule has 0 atom stereocenters. The molecule has 2 N–H and O–H groups in total. The maximum atomic E-state index is 13.6. The molecule has 0 unspecified atom stereocenters. The molecule has 0 aliphatic carbocycles. The van der Waals surface area contributed by atoms with Crippen molar-refractivity contribution in [1.29, 1.82) is 0 Å². The number of urea groups is 1. The number of thiazole rings is 1. The van der Waals surface area contributed by atoms with Gasteiger partial charge in [0.15, 0.2) is 10.9 Å². The van der Waals surface area contributed by atoms with Gasteiger partial charge in [-0.3, -0.25) is 5.32 Å². The molecule has 27 heavy (non-hydrogen) atoms. The van der Waals surface area contributed by atoms with E-state index in [0.717, 1.165) is 6.07 Å². The van der Waals surface area contributed by atoms with Gasteiger partial charge < -0.3 is 14.8 Å². The molecule has 7 nitrogen and oxygen atoms in total. The van der Waals surface area contributed by atoms with Crippen LogP contribution in [0.2, 0.25) is 0 Å². The molecule has 0 saturated heterocycles. The lowest BCUT2D eigenvalue weighted by Crippen LogP contribution is -2.19. The van der Waals surface area contributed by atoms with E-state index in [9.17, 15) is 14.0 Å². The first kappa shape index (κ1) is 18.3. The van der Waals surface area contributed by atoms with Crippen molar-refractivity contribution in [1.82, 2.24) is 4.98 Å². The number of carbonyl (C=O) groups is 2. The largest absolute Gasteiger partial charge is 0.465 e. The van der Waals surface area contributed by atoms with E-state index in [2.05, 4.69) is 20.4 Å². The van der Waals surface area contributed by atoms with E-state index in [0.29, 0.717) is 16.4 Å². The van der Waals surface area contributed by atoms with Gasteiger partial charge in [-0.2, -0.15) is 0 Å². The summed E-state index contributed by atoms with van der Waals surface area (Å²) in [6.07, 6.45) is 1.55. The third kappa shape index (κ3) is 4.79. The summed E-state index contributed by atoms with van der Waals surface area (Å²) in [6, 6.07) is 9.40. The second kappa shape index (κ2) is 8.28. The summed E-state index contributed by atoms with van der Waals surface area (Å²) in [5.74, 6) is -0.531. The predicted octanol–water partition coefficient (Wildman–Crippen LogP) is 4.51. The Kier molecular flexibility index (Phi) is 5.62. The molecule has 0 bridgehead atoms. The van der Waals surface area contributed by atoms with Crippen LogP contribution in [0.25, 0.3) is 0 Å². The van der Waals surface area contributed by atoms with Gasteiger partial charge in [0.2, 0.25) is 0 Å². The molecule has 0 aliphatic rings. The zero-order valence-corrected chi connectivity index (χ0v) is 14.9. The Morgan fingerprint density at radius 1 is 1.15 bits per heavy atom. The lowest BCUT2D eigenvalue weighted by Gasteiger charge is -2.13. The number of hydrogen-bond acceptors (Lipinski definition) is 6. The van der Waals surface area contributed by atoms with Crippen LogP contribution in [0.5, 0.6) is 11.5 Å². The van der Waals surface area contributed by atoms with Crippen molar-refractivity contribution < 1.29 is 23.5 Å². The Morgan fingerprint density at radius 3 is 2.74 bits per heavy atom. The summed E-state index contributed by atoms with van der Waals surface area (Å²) < 4.78 is 24.0. The zero-order chi connectivity index (χ0) is 19.2. The second-order valence-corrected chi connectivity index (χ2v) is 6.07. The van der Waals surface area contributed by atoms with Gasteiger partial charge in [-0.25, -0.2) is 19.0 Å². The van der Waals surface area contributed by atoms with Crippen LogP contribution in [0.3, 0.4) is 0 Å². The van der Waals surface area contributed by atoms with E-state index in [4.69, 9.17) is 4.74 Å². The molecule has 138 valence electrons. The first-order chi connectivity index (χ1) is 13.0. The van der Waals surface area contributed by atoms with Crippen LogP contribution in [0, 0.1) is 5.82 Å². The van der Waals surface area contributed by atoms with Gasteiger partial charge in [-0.1, -0.05) is 6.07 Å². The fourth-order valence-electron chi connectivity index (χ4n) is 2.16. The van der Waals surface area contributed by atoms with Crippen molar-refractivity contribution in [2.75, 3.05) is 17.7 Å². The van der Waals surface area contributed by atoms with Crippen molar-refractivity contribution in [3.8, 4) is 11.5 Å². The van der Waals surface area contributed by atoms with Crippen LogP contribution in [-0.4, -0.2) is 24.1 Å². The van der Waals surface area contributed by atoms with Crippen LogP contribution in [0.15, 0.2) is 54.0 Å². The number of halogens is 1. The van der Waals surface area contributed by atoms with Crippen molar-refractivity contribution in [2.24, 2.45) is 0 Å². The average Bonchev–Trinajstić information content (AvgIpc) is 3.16. The molecule has 1 heterocycles. The number of anilines is 2. The van der Waals surface area contributed by atoms with Gasteiger partial charge in [0, 0.05) is 17.6 Å². The van der Waals surface area contributed by atoms with Crippen molar-refractivity contribution >= 4 is 34.2 Å². The lowest BCUT2D eigenvalue weighted by molar-refractivity contribution is 0.0600. The monoisotopic (exact) mass is 387 g/mol. The maximum Gasteiger partial charge on any atom is 0.337 e. The quantitative estimate of drug-likeness (QED) is 0.629. The highest BCUT2D eigenvalue weighted by Crippen LogP contribution is 2.31. The van der Waals surface area contributed by atoms with Gasteiger partial charge >= 0.3 is 12.0 Å². The van der Waals surface area contributed by atoms with Crippen LogP contribution >= 0.6 is 11.3 Å². The molecule has 0 aliphatic heterocycles. The van der Waals surface area contributed by atoms with Crippen molar-refractivity contribution in [2.45, 2.75) is 0 Å². The average molecular weight is 387 g/mol. The van der Waals surface area contributed by atoms with E-state index in [1.54, 1.807) is 29.8 Å².